The Morgan fingerprint density at radius 2 is 1.88 bits per heavy atom. The molecule has 3 N–H and O–H groups in total. The van der Waals surface area contributed by atoms with Gasteiger partial charge < -0.3 is 10.2 Å². The Kier molecular flexibility index (Phi) is 3.47. The van der Waals surface area contributed by atoms with Gasteiger partial charge in [0, 0.05) is 16.2 Å². The quantitative estimate of drug-likeness (QED) is 0.483. The summed E-state index contributed by atoms with van der Waals surface area (Å²) in [5.41, 5.74) is 1.20. The molecule has 25 heavy (non-hydrogen) atoms. The van der Waals surface area contributed by atoms with E-state index >= 15 is 0 Å². The number of aromatic hydroxyl groups is 2. The summed E-state index contributed by atoms with van der Waals surface area (Å²) in [5.74, 6) is -1.17. The Balaban J connectivity index is 1.88. The summed E-state index contributed by atoms with van der Waals surface area (Å²) in [4.78, 5) is 16.7. The van der Waals surface area contributed by atoms with Crippen LogP contribution in [0.4, 0.5) is 0 Å². The average molecular weight is 398 g/mol. The fourth-order valence-electron chi connectivity index (χ4n) is 3.05. The topological polar surface area (TPSA) is 99.2 Å². The van der Waals surface area contributed by atoms with E-state index in [-0.39, 0.29) is 40.8 Å². The number of pyridine rings is 1. The van der Waals surface area contributed by atoms with Crippen LogP contribution >= 0.6 is 15.9 Å². The third-order valence-electron chi connectivity index (χ3n) is 4.21. The van der Waals surface area contributed by atoms with Crippen molar-refractivity contribution in [1.82, 2.24) is 9.55 Å². The maximum absolute atomic E-state index is 12.7. The molecule has 2 aromatic heterocycles. The van der Waals surface area contributed by atoms with Crippen LogP contribution < -0.4 is 0 Å². The first-order valence-corrected chi connectivity index (χ1v) is 8.26. The zero-order valence-electron chi connectivity index (χ0n) is 12.8. The summed E-state index contributed by atoms with van der Waals surface area (Å²) in [7, 11) is 0. The van der Waals surface area contributed by atoms with Crippen molar-refractivity contribution in [1.29, 1.82) is 5.41 Å². The fraction of sp³-hybridized carbons (Fsp3) is 0.0556. The standard InChI is InChI=1S/C18H12BrN3O3/c19-10-4-1-3-9(7-10)8-22-17(24)12-13(18(22)25)16(23)15-11(14(12)20)5-2-6-21-15/h1-7,20,24-25H,8H2. The van der Waals surface area contributed by atoms with Crippen molar-refractivity contribution in [3.05, 3.63) is 75.0 Å². The molecule has 3 aromatic rings. The summed E-state index contributed by atoms with van der Waals surface area (Å²) in [6.45, 7) is 0.161. The van der Waals surface area contributed by atoms with Crippen LogP contribution in [0.15, 0.2) is 47.1 Å². The Bertz CT molecular complexity index is 997. The number of hydrogen-bond acceptors (Lipinski definition) is 5. The molecule has 7 heteroatoms. The van der Waals surface area contributed by atoms with Crippen LogP contribution in [0, 0.1) is 5.41 Å². The molecular formula is C18H12BrN3O3. The highest BCUT2D eigenvalue weighted by atomic mass is 79.9. The number of rotatable bonds is 2. The fourth-order valence-corrected chi connectivity index (χ4v) is 3.50. The predicted molar refractivity (Wildman–Crippen MR) is 94.6 cm³/mol. The number of hydrogen-bond donors (Lipinski definition) is 3. The molecule has 1 aliphatic rings. The van der Waals surface area contributed by atoms with E-state index in [1.165, 1.54) is 10.8 Å². The molecule has 0 unspecified atom stereocenters. The molecule has 0 aliphatic heterocycles. The van der Waals surface area contributed by atoms with Gasteiger partial charge in [0.25, 0.3) is 0 Å². The number of halogens is 1. The van der Waals surface area contributed by atoms with Crippen LogP contribution in [-0.2, 0) is 6.54 Å². The normalized spacial score (nSPS) is 12.8. The first kappa shape index (κ1) is 15.6. The molecular weight excluding hydrogens is 386 g/mol. The third kappa shape index (κ3) is 2.27. The van der Waals surface area contributed by atoms with E-state index in [4.69, 9.17) is 5.41 Å². The molecule has 0 atom stereocenters. The number of ketones is 1. The van der Waals surface area contributed by atoms with E-state index in [2.05, 4.69) is 20.9 Å². The van der Waals surface area contributed by atoms with Gasteiger partial charge in [-0.2, -0.15) is 0 Å². The summed E-state index contributed by atoms with van der Waals surface area (Å²) in [6, 6.07) is 10.6. The SMILES string of the molecule is N=C1c2cccnc2C(=O)c2c1c(O)n(Cc1cccc(Br)c1)c2O. The number of nitrogens with zero attached hydrogens (tertiary/aromatic N) is 2. The first-order valence-electron chi connectivity index (χ1n) is 7.47. The zero-order valence-corrected chi connectivity index (χ0v) is 14.4. The molecule has 2 heterocycles. The largest absolute Gasteiger partial charge is 0.494 e. The van der Waals surface area contributed by atoms with Crippen molar-refractivity contribution in [3.63, 3.8) is 0 Å². The van der Waals surface area contributed by atoms with Gasteiger partial charge in [0.1, 0.15) is 5.69 Å². The van der Waals surface area contributed by atoms with Gasteiger partial charge in [0.05, 0.1) is 23.4 Å². The molecule has 6 nitrogen and oxygen atoms in total. The lowest BCUT2D eigenvalue weighted by atomic mass is 9.89. The third-order valence-corrected chi connectivity index (χ3v) is 4.70. The molecule has 0 amide bonds. The van der Waals surface area contributed by atoms with Crippen LogP contribution in [0.2, 0.25) is 0 Å². The van der Waals surface area contributed by atoms with Gasteiger partial charge in [-0.1, -0.05) is 28.1 Å². The second-order valence-electron chi connectivity index (χ2n) is 5.72. The van der Waals surface area contributed by atoms with Gasteiger partial charge in [0.2, 0.25) is 17.5 Å². The summed E-state index contributed by atoms with van der Waals surface area (Å²) in [6.07, 6.45) is 1.46. The minimum absolute atomic E-state index is 0.0292. The second kappa shape index (κ2) is 5.56. The first-order chi connectivity index (χ1) is 12.0. The maximum atomic E-state index is 12.7. The van der Waals surface area contributed by atoms with Crippen molar-refractivity contribution >= 4 is 27.4 Å². The van der Waals surface area contributed by atoms with E-state index in [9.17, 15) is 15.0 Å². The summed E-state index contributed by atoms with van der Waals surface area (Å²) in [5, 5.41) is 29.4. The minimum Gasteiger partial charge on any atom is -0.494 e. The molecule has 1 aliphatic carbocycles. The molecule has 0 saturated heterocycles. The molecule has 124 valence electrons. The van der Waals surface area contributed by atoms with Crippen molar-refractivity contribution in [2.45, 2.75) is 6.54 Å². The van der Waals surface area contributed by atoms with Crippen LogP contribution in [0.25, 0.3) is 0 Å². The molecule has 0 fully saturated rings. The van der Waals surface area contributed by atoms with Gasteiger partial charge in [-0.3, -0.25) is 19.8 Å². The van der Waals surface area contributed by atoms with Crippen molar-refractivity contribution in [3.8, 4) is 11.8 Å². The van der Waals surface area contributed by atoms with Crippen LogP contribution in [0.5, 0.6) is 11.8 Å². The van der Waals surface area contributed by atoms with Crippen molar-refractivity contribution in [2.75, 3.05) is 0 Å². The Morgan fingerprint density at radius 1 is 1.12 bits per heavy atom. The number of fused-ring (bicyclic) bond motifs is 2. The monoisotopic (exact) mass is 397 g/mol. The van der Waals surface area contributed by atoms with Crippen molar-refractivity contribution < 1.29 is 15.0 Å². The predicted octanol–water partition coefficient (Wildman–Crippen LogP) is 3.07. The van der Waals surface area contributed by atoms with E-state index in [0.717, 1.165) is 10.0 Å². The van der Waals surface area contributed by atoms with E-state index in [1.807, 2.05) is 24.3 Å². The number of aromatic nitrogens is 2. The number of nitrogens with one attached hydrogen (secondary N) is 1. The lowest BCUT2D eigenvalue weighted by Gasteiger charge is -2.14. The lowest BCUT2D eigenvalue weighted by Crippen LogP contribution is -2.20. The van der Waals surface area contributed by atoms with Gasteiger partial charge in [0.15, 0.2) is 0 Å². The second-order valence-corrected chi connectivity index (χ2v) is 6.63. The molecule has 1 aromatic carbocycles. The molecule has 0 bridgehead atoms. The van der Waals surface area contributed by atoms with E-state index in [1.54, 1.807) is 12.1 Å². The molecule has 0 radical (unpaired) electrons. The Hall–Kier alpha value is -2.93. The van der Waals surface area contributed by atoms with E-state index in [0.29, 0.717) is 5.56 Å². The van der Waals surface area contributed by atoms with Gasteiger partial charge in [-0.05, 0) is 29.8 Å². The smallest absolute Gasteiger partial charge is 0.218 e. The van der Waals surface area contributed by atoms with Gasteiger partial charge in [-0.15, -0.1) is 0 Å². The number of carbonyl (C=O) groups is 1. The zero-order chi connectivity index (χ0) is 17.7. The van der Waals surface area contributed by atoms with Crippen LogP contribution in [0.1, 0.15) is 32.7 Å². The van der Waals surface area contributed by atoms with Gasteiger partial charge >= 0.3 is 0 Å². The maximum Gasteiger partial charge on any atom is 0.218 e. The van der Waals surface area contributed by atoms with E-state index < -0.39 is 5.78 Å². The number of benzene rings is 1. The Morgan fingerprint density at radius 3 is 2.64 bits per heavy atom. The number of carbonyl (C=O) groups excluding carboxylic acids is 1. The van der Waals surface area contributed by atoms with Crippen molar-refractivity contribution in [2.24, 2.45) is 0 Å². The van der Waals surface area contributed by atoms with Gasteiger partial charge in [-0.25, -0.2) is 0 Å². The average Bonchev–Trinajstić information content (AvgIpc) is 2.85. The summed E-state index contributed by atoms with van der Waals surface area (Å²) >= 11 is 3.38. The highest BCUT2D eigenvalue weighted by molar-refractivity contribution is 9.10. The Labute approximate surface area is 151 Å². The summed E-state index contributed by atoms with van der Waals surface area (Å²) < 4.78 is 2.09. The van der Waals surface area contributed by atoms with Crippen LogP contribution in [0.3, 0.4) is 0 Å². The van der Waals surface area contributed by atoms with Crippen LogP contribution in [-0.4, -0.2) is 31.3 Å². The molecule has 4 rings (SSSR count). The highest BCUT2D eigenvalue weighted by Gasteiger charge is 2.37. The minimum atomic E-state index is -0.498. The molecule has 0 saturated carbocycles. The highest BCUT2D eigenvalue weighted by Crippen LogP contribution is 2.40. The lowest BCUT2D eigenvalue weighted by molar-refractivity contribution is 0.103. The molecule has 0 spiro atoms.